The van der Waals surface area contributed by atoms with Crippen molar-refractivity contribution in [3.05, 3.63) is 23.8 Å². The molecular formula is C20H29N3O4. The molecule has 2 aliphatic rings. The fraction of sp³-hybridized carbons (Fsp3) is 0.600. The lowest BCUT2D eigenvalue weighted by molar-refractivity contribution is -0.142. The number of rotatable bonds is 5. The molecule has 0 spiro atoms. The highest BCUT2D eigenvalue weighted by Gasteiger charge is 2.36. The van der Waals surface area contributed by atoms with Gasteiger partial charge in [0.25, 0.3) is 5.91 Å². The number of carbonyl (C=O) groups is 2. The van der Waals surface area contributed by atoms with E-state index in [4.69, 9.17) is 9.47 Å². The molecule has 0 bridgehead atoms. The normalized spacial score (nSPS) is 20.2. The van der Waals surface area contributed by atoms with Crippen molar-refractivity contribution in [2.45, 2.75) is 19.4 Å². The van der Waals surface area contributed by atoms with Gasteiger partial charge >= 0.3 is 0 Å². The van der Waals surface area contributed by atoms with E-state index in [0.717, 1.165) is 11.4 Å². The second-order valence-corrected chi connectivity index (χ2v) is 8.22. The number of hydrogen-bond acceptors (Lipinski definition) is 5. The molecule has 2 heterocycles. The number of nitrogens with zero attached hydrogens (tertiary/aromatic N) is 3. The maximum Gasteiger partial charge on any atom is 0.253 e. The number of likely N-dealkylation sites (N-methyl/N-ethyl adjacent to an activating group) is 1. The molecule has 2 amide bonds. The van der Waals surface area contributed by atoms with Crippen LogP contribution >= 0.6 is 0 Å². The van der Waals surface area contributed by atoms with Gasteiger partial charge in [-0.15, -0.1) is 0 Å². The smallest absolute Gasteiger partial charge is 0.253 e. The van der Waals surface area contributed by atoms with Crippen LogP contribution in [0.15, 0.2) is 18.2 Å². The molecule has 7 nitrogen and oxygen atoms in total. The Balaban J connectivity index is 1.68. The quantitative estimate of drug-likeness (QED) is 0.780. The molecule has 0 unspecified atom stereocenters. The molecule has 3 rings (SSSR count). The number of anilines is 1. The first-order chi connectivity index (χ1) is 12.7. The Morgan fingerprint density at radius 2 is 1.96 bits per heavy atom. The van der Waals surface area contributed by atoms with E-state index in [-0.39, 0.29) is 23.3 Å². The molecule has 2 aliphatic heterocycles. The van der Waals surface area contributed by atoms with Crippen LogP contribution < -0.4 is 9.64 Å². The molecule has 1 atom stereocenters. The van der Waals surface area contributed by atoms with Crippen LogP contribution in [0, 0.1) is 5.41 Å². The topological polar surface area (TPSA) is 62.3 Å². The third-order valence-electron chi connectivity index (χ3n) is 5.33. The summed E-state index contributed by atoms with van der Waals surface area (Å²) in [5.74, 6) is 0.775. The largest absolute Gasteiger partial charge is 0.489 e. The lowest BCUT2D eigenvalue weighted by Crippen LogP contribution is -2.50. The minimum absolute atomic E-state index is 0.0555. The third kappa shape index (κ3) is 4.03. The van der Waals surface area contributed by atoms with Gasteiger partial charge in [-0.2, -0.15) is 0 Å². The van der Waals surface area contributed by atoms with Gasteiger partial charge in [-0.05, 0) is 18.2 Å². The van der Waals surface area contributed by atoms with Gasteiger partial charge in [0.15, 0.2) is 0 Å². The number of fused-ring (bicyclic) bond motifs is 1. The average Bonchev–Trinajstić information content (AvgIpc) is 2.61. The minimum Gasteiger partial charge on any atom is -0.489 e. The number of ether oxygens (including phenoxy) is 2. The molecule has 1 saturated heterocycles. The van der Waals surface area contributed by atoms with Gasteiger partial charge in [0.05, 0.1) is 31.4 Å². The van der Waals surface area contributed by atoms with E-state index >= 15 is 0 Å². The number of amides is 2. The second kappa shape index (κ2) is 7.38. The van der Waals surface area contributed by atoms with Crippen molar-refractivity contribution in [1.29, 1.82) is 0 Å². The van der Waals surface area contributed by atoms with Crippen LogP contribution in [-0.2, 0) is 9.53 Å². The SMILES string of the molecule is CN(C)C(=O)c1ccc2c(c1)N(C)[C@H](CC(=O)N(C)CC1(C)COC1)CO2. The molecule has 0 N–H and O–H groups in total. The van der Waals surface area contributed by atoms with Crippen LogP contribution in [0.3, 0.4) is 0 Å². The highest BCUT2D eigenvalue weighted by molar-refractivity contribution is 5.95. The summed E-state index contributed by atoms with van der Waals surface area (Å²) in [6.45, 7) is 4.68. The highest BCUT2D eigenvalue weighted by Crippen LogP contribution is 2.35. The summed E-state index contributed by atoms with van der Waals surface area (Å²) in [5.41, 5.74) is 1.51. The lowest BCUT2D eigenvalue weighted by atomic mass is 9.88. The monoisotopic (exact) mass is 375 g/mol. The van der Waals surface area contributed by atoms with Gasteiger partial charge in [-0.1, -0.05) is 6.92 Å². The molecule has 7 heteroatoms. The predicted octanol–water partition coefficient (Wildman–Crippen LogP) is 1.47. The Labute approximate surface area is 160 Å². The van der Waals surface area contributed by atoms with Crippen molar-refractivity contribution in [2.24, 2.45) is 5.41 Å². The van der Waals surface area contributed by atoms with Crippen LogP contribution in [0.1, 0.15) is 23.7 Å². The fourth-order valence-electron chi connectivity index (χ4n) is 3.56. The Bertz CT molecular complexity index is 730. The van der Waals surface area contributed by atoms with Crippen molar-refractivity contribution in [3.63, 3.8) is 0 Å². The Kier molecular flexibility index (Phi) is 5.33. The Morgan fingerprint density at radius 1 is 1.26 bits per heavy atom. The molecule has 1 aromatic rings. The van der Waals surface area contributed by atoms with E-state index < -0.39 is 0 Å². The van der Waals surface area contributed by atoms with Crippen LogP contribution in [0.2, 0.25) is 0 Å². The summed E-state index contributed by atoms with van der Waals surface area (Å²) in [7, 11) is 7.25. The van der Waals surface area contributed by atoms with E-state index in [0.29, 0.717) is 38.3 Å². The standard InChI is InChI=1S/C20H29N3O4/c1-20(12-26-13-20)11-22(4)18(24)9-15-10-27-17-7-6-14(19(25)21(2)3)8-16(17)23(15)5/h6-8,15H,9-13H2,1-5H3/t15-/m1/s1. The van der Waals surface area contributed by atoms with E-state index in [1.54, 1.807) is 30.0 Å². The molecule has 0 aromatic heterocycles. The zero-order chi connectivity index (χ0) is 19.8. The first-order valence-electron chi connectivity index (χ1n) is 9.23. The predicted molar refractivity (Wildman–Crippen MR) is 103 cm³/mol. The summed E-state index contributed by atoms with van der Waals surface area (Å²) in [6.07, 6.45) is 0.370. The molecule has 0 saturated carbocycles. The zero-order valence-corrected chi connectivity index (χ0v) is 16.8. The van der Waals surface area contributed by atoms with Gasteiger partial charge in [0.2, 0.25) is 5.91 Å². The summed E-state index contributed by atoms with van der Waals surface area (Å²) in [6, 6.07) is 5.37. The fourth-order valence-corrected chi connectivity index (χ4v) is 3.56. The van der Waals surface area contributed by atoms with Crippen LogP contribution in [-0.4, -0.2) is 82.2 Å². The molecular weight excluding hydrogens is 346 g/mol. The maximum absolute atomic E-state index is 12.7. The first kappa shape index (κ1) is 19.5. The van der Waals surface area contributed by atoms with E-state index in [1.165, 1.54) is 0 Å². The molecule has 1 aromatic carbocycles. The van der Waals surface area contributed by atoms with Crippen molar-refractivity contribution in [2.75, 3.05) is 59.5 Å². The number of carbonyl (C=O) groups excluding carboxylic acids is 2. The minimum atomic E-state index is -0.0670. The van der Waals surface area contributed by atoms with Gasteiger partial charge in [-0.3, -0.25) is 9.59 Å². The zero-order valence-electron chi connectivity index (χ0n) is 16.8. The molecule has 1 fully saturated rings. The van der Waals surface area contributed by atoms with Gasteiger partial charge in [0, 0.05) is 45.7 Å². The Hall–Kier alpha value is -2.28. The van der Waals surface area contributed by atoms with Crippen LogP contribution in [0.25, 0.3) is 0 Å². The van der Waals surface area contributed by atoms with Gasteiger partial charge in [-0.25, -0.2) is 0 Å². The molecule has 0 aliphatic carbocycles. The Morgan fingerprint density at radius 3 is 2.56 bits per heavy atom. The number of benzene rings is 1. The van der Waals surface area contributed by atoms with Crippen molar-refractivity contribution < 1.29 is 19.1 Å². The second-order valence-electron chi connectivity index (χ2n) is 8.22. The van der Waals surface area contributed by atoms with Crippen molar-refractivity contribution in [1.82, 2.24) is 9.80 Å². The number of hydrogen-bond donors (Lipinski definition) is 0. The van der Waals surface area contributed by atoms with Crippen LogP contribution in [0.5, 0.6) is 5.75 Å². The van der Waals surface area contributed by atoms with Crippen molar-refractivity contribution >= 4 is 17.5 Å². The summed E-state index contributed by atoms with van der Waals surface area (Å²) in [4.78, 5) is 30.3. The summed E-state index contributed by atoms with van der Waals surface area (Å²) >= 11 is 0. The summed E-state index contributed by atoms with van der Waals surface area (Å²) < 4.78 is 11.1. The van der Waals surface area contributed by atoms with E-state index in [2.05, 4.69) is 6.92 Å². The highest BCUT2D eigenvalue weighted by atomic mass is 16.5. The lowest BCUT2D eigenvalue weighted by Gasteiger charge is -2.41. The summed E-state index contributed by atoms with van der Waals surface area (Å²) in [5, 5.41) is 0. The molecule has 0 radical (unpaired) electrons. The molecule has 27 heavy (non-hydrogen) atoms. The average molecular weight is 375 g/mol. The van der Waals surface area contributed by atoms with E-state index in [1.807, 2.05) is 31.1 Å². The van der Waals surface area contributed by atoms with Gasteiger partial charge < -0.3 is 24.2 Å². The van der Waals surface area contributed by atoms with Gasteiger partial charge in [0.1, 0.15) is 12.4 Å². The third-order valence-corrected chi connectivity index (χ3v) is 5.33. The first-order valence-corrected chi connectivity index (χ1v) is 9.23. The molecule has 148 valence electrons. The van der Waals surface area contributed by atoms with E-state index in [9.17, 15) is 9.59 Å². The maximum atomic E-state index is 12.7. The van der Waals surface area contributed by atoms with Crippen molar-refractivity contribution in [3.8, 4) is 5.75 Å². The van der Waals surface area contributed by atoms with Crippen LogP contribution in [0.4, 0.5) is 5.69 Å².